The van der Waals surface area contributed by atoms with Crippen molar-refractivity contribution in [1.82, 2.24) is 9.62 Å². The molecule has 2 atom stereocenters. The van der Waals surface area contributed by atoms with Crippen LogP contribution >= 0.6 is 0 Å². The number of nitrogens with zero attached hydrogens (tertiary/aromatic N) is 1. The molecule has 32 heavy (non-hydrogen) atoms. The molecule has 4 rings (SSSR count). The molecule has 2 aliphatic heterocycles. The van der Waals surface area contributed by atoms with Gasteiger partial charge in [0.2, 0.25) is 15.9 Å². The van der Waals surface area contributed by atoms with Crippen molar-refractivity contribution in [2.45, 2.75) is 56.9 Å². The van der Waals surface area contributed by atoms with E-state index in [0.717, 1.165) is 0 Å². The van der Waals surface area contributed by atoms with E-state index in [0.29, 0.717) is 41.8 Å². The Morgan fingerprint density at radius 3 is 2.66 bits per heavy atom. The molecule has 2 bridgehead atoms. The number of fused-ring (bicyclic) bond motifs is 5. The number of halogens is 1. The Balaban J connectivity index is 1.78. The van der Waals surface area contributed by atoms with Gasteiger partial charge in [0.1, 0.15) is 11.6 Å². The predicted octanol–water partition coefficient (Wildman–Crippen LogP) is 3.51. The third kappa shape index (κ3) is 4.52. The third-order valence-electron chi connectivity index (χ3n) is 6.29. The van der Waals surface area contributed by atoms with Crippen LogP contribution in [0.25, 0.3) is 11.1 Å². The first-order valence-corrected chi connectivity index (χ1v) is 12.6. The van der Waals surface area contributed by atoms with Gasteiger partial charge in [0.25, 0.3) is 0 Å². The van der Waals surface area contributed by atoms with Crippen LogP contribution in [0.1, 0.15) is 38.7 Å². The molecule has 0 spiro atoms. The van der Waals surface area contributed by atoms with Gasteiger partial charge in [-0.15, -0.1) is 0 Å². The maximum atomic E-state index is 15.7. The molecule has 0 aromatic heterocycles. The van der Waals surface area contributed by atoms with E-state index in [-0.39, 0.29) is 31.2 Å². The minimum atomic E-state index is -3.54. The smallest absolute Gasteiger partial charge is 0.226 e. The van der Waals surface area contributed by atoms with E-state index < -0.39 is 27.4 Å². The largest absolute Gasteiger partial charge is 0.492 e. The highest BCUT2D eigenvalue weighted by Crippen LogP contribution is 2.35. The summed E-state index contributed by atoms with van der Waals surface area (Å²) in [6.45, 7) is 3.92. The first-order chi connectivity index (χ1) is 15.3. The fraction of sp³-hybridized carbons (Fsp3) is 0.458. The van der Waals surface area contributed by atoms with Crippen LogP contribution < -0.4 is 9.46 Å². The molecule has 1 amide bonds. The fourth-order valence-electron chi connectivity index (χ4n) is 4.48. The summed E-state index contributed by atoms with van der Waals surface area (Å²) in [5.41, 5.74) is 1.53. The second-order valence-electron chi connectivity index (χ2n) is 8.69. The average molecular weight is 461 g/mol. The van der Waals surface area contributed by atoms with E-state index in [2.05, 4.69) is 4.72 Å². The van der Waals surface area contributed by atoms with Crippen molar-refractivity contribution in [3.8, 4) is 16.9 Å². The molecule has 0 unspecified atom stereocenters. The molecule has 1 saturated heterocycles. The first kappa shape index (κ1) is 22.7. The zero-order valence-electron chi connectivity index (χ0n) is 18.4. The van der Waals surface area contributed by atoms with Crippen molar-refractivity contribution in [3.63, 3.8) is 0 Å². The number of para-hydroxylation sites is 1. The number of rotatable bonds is 3. The second-order valence-corrected chi connectivity index (χ2v) is 11.0. The number of carbonyl (C=O) groups is 1. The summed E-state index contributed by atoms with van der Waals surface area (Å²) < 4.78 is 49.5. The van der Waals surface area contributed by atoms with Crippen molar-refractivity contribution in [1.29, 1.82) is 0 Å². The van der Waals surface area contributed by atoms with Gasteiger partial charge in [-0.25, -0.2) is 17.5 Å². The van der Waals surface area contributed by atoms with Gasteiger partial charge in [0.05, 0.1) is 24.3 Å². The number of piperidine rings is 1. The lowest BCUT2D eigenvalue weighted by molar-refractivity contribution is -0.136. The maximum absolute atomic E-state index is 15.7. The monoisotopic (exact) mass is 460 g/mol. The van der Waals surface area contributed by atoms with Crippen LogP contribution in [-0.4, -0.2) is 49.7 Å². The third-order valence-corrected chi connectivity index (χ3v) is 8.17. The average Bonchev–Trinajstić information content (AvgIpc) is 2.76. The summed E-state index contributed by atoms with van der Waals surface area (Å²) >= 11 is 0. The number of sulfonamides is 1. The minimum Gasteiger partial charge on any atom is -0.492 e. The van der Waals surface area contributed by atoms with Crippen LogP contribution in [0.15, 0.2) is 42.5 Å². The molecule has 6 nitrogen and oxygen atoms in total. The minimum absolute atomic E-state index is 0.113. The first-order valence-electron chi connectivity index (χ1n) is 11.1. The lowest BCUT2D eigenvalue weighted by Gasteiger charge is -2.42. The fourth-order valence-corrected chi connectivity index (χ4v) is 5.45. The zero-order valence-corrected chi connectivity index (χ0v) is 19.2. The molecule has 0 radical (unpaired) electrons. The van der Waals surface area contributed by atoms with Gasteiger partial charge in [-0.05, 0) is 44.7 Å². The highest BCUT2D eigenvalue weighted by Gasteiger charge is 2.37. The molecule has 1 N–H and O–H groups in total. The molecular weight excluding hydrogens is 431 g/mol. The number of nitrogens with one attached hydrogen (secondary N) is 1. The Bertz CT molecular complexity index is 1100. The van der Waals surface area contributed by atoms with Gasteiger partial charge in [0.15, 0.2) is 0 Å². The van der Waals surface area contributed by atoms with Crippen LogP contribution in [-0.2, 0) is 21.2 Å². The molecule has 2 aromatic rings. The van der Waals surface area contributed by atoms with Crippen LogP contribution in [0.4, 0.5) is 4.39 Å². The second kappa shape index (κ2) is 9.19. The SMILES string of the molecule is CC(C)S(=O)(=O)N[C@H]1CCCN2C(=O)CCOc3ccccc3-c3cccc(c3F)C[C@@H]12. The van der Waals surface area contributed by atoms with Crippen molar-refractivity contribution in [3.05, 3.63) is 53.8 Å². The molecule has 1 fully saturated rings. The Morgan fingerprint density at radius 2 is 1.88 bits per heavy atom. The van der Waals surface area contributed by atoms with E-state index in [1.165, 1.54) is 0 Å². The Hall–Kier alpha value is -2.45. The van der Waals surface area contributed by atoms with Crippen molar-refractivity contribution >= 4 is 15.9 Å². The van der Waals surface area contributed by atoms with Crippen molar-refractivity contribution < 1.29 is 22.3 Å². The summed E-state index contributed by atoms with van der Waals surface area (Å²) in [4.78, 5) is 14.8. The number of ether oxygens (including phenoxy) is 1. The molecule has 0 saturated carbocycles. The number of carbonyl (C=O) groups excluding carboxylic acids is 1. The van der Waals surface area contributed by atoms with Gasteiger partial charge in [-0.1, -0.05) is 36.4 Å². The molecule has 2 aliphatic rings. The summed E-state index contributed by atoms with van der Waals surface area (Å²) in [5, 5.41) is -0.593. The van der Waals surface area contributed by atoms with Gasteiger partial charge >= 0.3 is 0 Å². The summed E-state index contributed by atoms with van der Waals surface area (Å²) in [6.07, 6.45) is 1.69. The molecular formula is C24H29FN2O4S. The van der Waals surface area contributed by atoms with E-state index in [4.69, 9.17) is 4.74 Å². The molecule has 2 heterocycles. The van der Waals surface area contributed by atoms with E-state index >= 15 is 4.39 Å². The number of hydrogen-bond donors (Lipinski definition) is 1. The topological polar surface area (TPSA) is 75.7 Å². The number of benzene rings is 2. The van der Waals surface area contributed by atoms with Gasteiger partial charge in [-0.3, -0.25) is 4.79 Å². The van der Waals surface area contributed by atoms with Gasteiger partial charge < -0.3 is 9.64 Å². The van der Waals surface area contributed by atoms with Gasteiger partial charge in [0, 0.05) is 23.7 Å². The summed E-state index contributed by atoms with van der Waals surface area (Å²) in [6, 6.07) is 11.5. The van der Waals surface area contributed by atoms with Crippen LogP contribution in [0.2, 0.25) is 0 Å². The number of amides is 1. The molecule has 8 heteroatoms. The quantitative estimate of drug-likeness (QED) is 0.761. The predicted molar refractivity (Wildman–Crippen MR) is 121 cm³/mol. The van der Waals surface area contributed by atoms with Crippen LogP contribution in [0.3, 0.4) is 0 Å². The lowest BCUT2D eigenvalue weighted by atomic mass is 9.89. The van der Waals surface area contributed by atoms with E-state index in [1.54, 1.807) is 49.1 Å². The molecule has 172 valence electrons. The normalized spacial score (nSPS) is 21.8. The van der Waals surface area contributed by atoms with Crippen LogP contribution in [0.5, 0.6) is 5.75 Å². The Morgan fingerprint density at radius 1 is 1.12 bits per heavy atom. The summed E-state index contributed by atoms with van der Waals surface area (Å²) in [5.74, 6) is 0.0558. The standard InChI is InChI=1S/C24H29FN2O4S/c1-16(2)32(29,30)26-20-10-6-13-27-21(20)15-17-7-5-9-19(24(17)25)18-8-3-4-11-22(18)31-14-12-23(27)28/h3-5,7-9,11,16,20-21,26H,6,10,12-15H2,1-2H3/t20-,21-/m0/s1. The molecule has 2 aromatic carbocycles. The Kier molecular flexibility index (Phi) is 6.53. The van der Waals surface area contributed by atoms with Crippen LogP contribution in [0, 0.1) is 5.82 Å². The molecule has 0 aliphatic carbocycles. The zero-order chi connectivity index (χ0) is 22.9. The van der Waals surface area contributed by atoms with Crippen molar-refractivity contribution in [2.24, 2.45) is 0 Å². The maximum Gasteiger partial charge on any atom is 0.226 e. The van der Waals surface area contributed by atoms with E-state index in [1.807, 2.05) is 12.1 Å². The highest BCUT2D eigenvalue weighted by molar-refractivity contribution is 7.90. The van der Waals surface area contributed by atoms with Gasteiger partial charge in [-0.2, -0.15) is 0 Å². The number of hydrogen-bond acceptors (Lipinski definition) is 4. The summed E-state index contributed by atoms with van der Waals surface area (Å²) in [7, 11) is -3.54. The lowest BCUT2D eigenvalue weighted by Crippen LogP contribution is -2.58. The van der Waals surface area contributed by atoms with E-state index in [9.17, 15) is 13.2 Å². The Labute approximate surface area is 188 Å². The van der Waals surface area contributed by atoms with Crippen molar-refractivity contribution in [2.75, 3.05) is 13.2 Å². The highest BCUT2D eigenvalue weighted by atomic mass is 32.2.